The quantitative estimate of drug-likeness (QED) is 0.901. The van der Waals surface area contributed by atoms with Crippen molar-refractivity contribution in [2.24, 2.45) is 5.73 Å². The molecule has 4 heteroatoms. The fourth-order valence-electron chi connectivity index (χ4n) is 2.07. The molecule has 2 nitrogen and oxygen atoms in total. The maximum absolute atomic E-state index is 10.5. The molecular formula is C14H16ClNOS. The number of benzene rings is 1. The van der Waals surface area contributed by atoms with E-state index >= 15 is 0 Å². The summed E-state index contributed by atoms with van der Waals surface area (Å²) in [4.78, 5) is 0. The van der Waals surface area contributed by atoms with Crippen LogP contribution in [0.5, 0.6) is 0 Å². The van der Waals surface area contributed by atoms with E-state index < -0.39 is 6.10 Å². The average molecular weight is 282 g/mol. The fourth-order valence-corrected chi connectivity index (χ4v) is 3.15. The molecule has 0 aliphatic heterocycles. The van der Waals surface area contributed by atoms with Gasteiger partial charge >= 0.3 is 0 Å². The number of hydrogen-bond donors (Lipinski definition) is 2. The van der Waals surface area contributed by atoms with Crippen LogP contribution in [0.25, 0.3) is 0 Å². The lowest BCUT2D eigenvalue weighted by molar-refractivity contribution is 0.147. The highest BCUT2D eigenvalue weighted by molar-refractivity contribution is 7.08. The van der Waals surface area contributed by atoms with E-state index in [9.17, 15) is 5.11 Å². The van der Waals surface area contributed by atoms with E-state index in [4.69, 9.17) is 17.3 Å². The molecule has 2 unspecified atom stereocenters. The Morgan fingerprint density at radius 1 is 1.39 bits per heavy atom. The molecular weight excluding hydrogens is 266 g/mol. The van der Waals surface area contributed by atoms with E-state index in [1.165, 1.54) is 0 Å². The van der Waals surface area contributed by atoms with Crippen LogP contribution in [0.15, 0.2) is 35.0 Å². The van der Waals surface area contributed by atoms with E-state index in [1.54, 1.807) is 11.3 Å². The summed E-state index contributed by atoms with van der Waals surface area (Å²) >= 11 is 7.58. The van der Waals surface area contributed by atoms with E-state index in [0.717, 1.165) is 16.7 Å². The lowest BCUT2D eigenvalue weighted by atomic mass is 9.89. The van der Waals surface area contributed by atoms with Gasteiger partial charge in [0, 0.05) is 17.5 Å². The van der Waals surface area contributed by atoms with Gasteiger partial charge in [0.1, 0.15) is 0 Å². The number of aryl methyl sites for hydroxylation is 1. The van der Waals surface area contributed by atoms with Crippen molar-refractivity contribution in [2.75, 3.05) is 6.54 Å². The summed E-state index contributed by atoms with van der Waals surface area (Å²) in [7, 11) is 0. The van der Waals surface area contributed by atoms with Gasteiger partial charge in [0.15, 0.2) is 0 Å². The van der Waals surface area contributed by atoms with Crippen molar-refractivity contribution in [2.45, 2.75) is 18.9 Å². The molecule has 2 atom stereocenters. The standard InChI is InChI=1S/C14H16ClNOS/c1-9-7-18-8-13(9)14(17)12(6-16)10-3-2-4-11(15)5-10/h2-5,7-8,12,14,17H,6,16H2,1H3. The van der Waals surface area contributed by atoms with Crippen LogP contribution >= 0.6 is 22.9 Å². The van der Waals surface area contributed by atoms with Crippen LogP contribution in [-0.2, 0) is 0 Å². The predicted molar refractivity (Wildman–Crippen MR) is 77.3 cm³/mol. The Kier molecular flexibility index (Phi) is 4.40. The first-order chi connectivity index (χ1) is 8.63. The van der Waals surface area contributed by atoms with Gasteiger partial charge in [0.25, 0.3) is 0 Å². The van der Waals surface area contributed by atoms with Crippen LogP contribution in [-0.4, -0.2) is 11.7 Å². The molecule has 2 rings (SSSR count). The Balaban J connectivity index is 2.32. The molecule has 1 aromatic heterocycles. The number of aliphatic hydroxyl groups excluding tert-OH is 1. The van der Waals surface area contributed by atoms with E-state index in [1.807, 2.05) is 41.9 Å². The second-order valence-corrected chi connectivity index (χ2v) is 5.53. The zero-order valence-electron chi connectivity index (χ0n) is 10.1. The van der Waals surface area contributed by atoms with Gasteiger partial charge in [-0.25, -0.2) is 0 Å². The summed E-state index contributed by atoms with van der Waals surface area (Å²) in [6.45, 7) is 2.39. The summed E-state index contributed by atoms with van der Waals surface area (Å²) in [6, 6.07) is 7.52. The largest absolute Gasteiger partial charge is 0.388 e. The molecule has 0 fully saturated rings. The Labute approximate surface area is 116 Å². The summed E-state index contributed by atoms with van der Waals surface area (Å²) in [5.74, 6) is -0.128. The van der Waals surface area contributed by atoms with Crippen LogP contribution < -0.4 is 5.73 Å². The van der Waals surface area contributed by atoms with Crippen molar-refractivity contribution < 1.29 is 5.11 Å². The highest BCUT2D eigenvalue weighted by Crippen LogP contribution is 2.34. The molecule has 1 heterocycles. The van der Waals surface area contributed by atoms with Crippen molar-refractivity contribution >= 4 is 22.9 Å². The monoisotopic (exact) mass is 281 g/mol. The predicted octanol–water partition coefficient (Wildman–Crippen LogP) is 3.49. The maximum Gasteiger partial charge on any atom is 0.0881 e. The van der Waals surface area contributed by atoms with E-state index in [0.29, 0.717) is 11.6 Å². The van der Waals surface area contributed by atoms with Gasteiger partial charge in [-0.2, -0.15) is 11.3 Å². The summed E-state index contributed by atoms with van der Waals surface area (Å²) in [5.41, 5.74) is 8.85. The third-order valence-corrected chi connectivity index (χ3v) is 4.24. The van der Waals surface area contributed by atoms with Gasteiger partial charge in [-0.3, -0.25) is 0 Å². The topological polar surface area (TPSA) is 46.2 Å². The zero-order valence-corrected chi connectivity index (χ0v) is 11.7. The number of halogens is 1. The molecule has 0 saturated heterocycles. The maximum atomic E-state index is 10.5. The highest BCUT2D eigenvalue weighted by atomic mass is 35.5. The minimum absolute atomic E-state index is 0.128. The molecule has 1 aromatic carbocycles. The molecule has 96 valence electrons. The minimum atomic E-state index is -0.584. The number of nitrogens with two attached hydrogens (primary N) is 1. The van der Waals surface area contributed by atoms with Gasteiger partial charge < -0.3 is 10.8 Å². The molecule has 0 aliphatic rings. The van der Waals surface area contributed by atoms with E-state index in [-0.39, 0.29) is 5.92 Å². The number of hydrogen-bond acceptors (Lipinski definition) is 3. The number of thiophene rings is 1. The van der Waals surface area contributed by atoms with Gasteiger partial charge in [-0.05, 0) is 46.5 Å². The molecule has 2 aromatic rings. The molecule has 18 heavy (non-hydrogen) atoms. The van der Waals surface area contributed by atoms with Crippen LogP contribution in [0.3, 0.4) is 0 Å². The highest BCUT2D eigenvalue weighted by Gasteiger charge is 2.23. The lowest BCUT2D eigenvalue weighted by Crippen LogP contribution is -2.20. The lowest BCUT2D eigenvalue weighted by Gasteiger charge is -2.22. The normalized spacial score (nSPS) is 14.4. The molecule has 0 saturated carbocycles. The van der Waals surface area contributed by atoms with Crippen LogP contribution in [0.2, 0.25) is 5.02 Å². The van der Waals surface area contributed by atoms with Crippen molar-refractivity contribution in [3.05, 3.63) is 56.7 Å². The number of rotatable bonds is 4. The summed E-state index contributed by atoms with van der Waals surface area (Å²) < 4.78 is 0. The first kappa shape index (κ1) is 13.6. The van der Waals surface area contributed by atoms with Gasteiger partial charge in [0.05, 0.1) is 6.10 Å². The minimum Gasteiger partial charge on any atom is -0.388 e. The Bertz CT molecular complexity index is 526. The first-order valence-electron chi connectivity index (χ1n) is 5.79. The molecule has 0 spiro atoms. The third-order valence-electron chi connectivity index (χ3n) is 3.13. The zero-order chi connectivity index (χ0) is 13.1. The van der Waals surface area contributed by atoms with Crippen molar-refractivity contribution in [1.82, 2.24) is 0 Å². The SMILES string of the molecule is Cc1cscc1C(O)C(CN)c1cccc(Cl)c1. The Morgan fingerprint density at radius 3 is 2.72 bits per heavy atom. The van der Waals surface area contributed by atoms with E-state index in [2.05, 4.69) is 0 Å². The molecule has 0 aliphatic carbocycles. The summed E-state index contributed by atoms with van der Waals surface area (Å²) in [5, 5.41) is 15.2. The van der Waals surface area contributed by atoms with Gasteiger partial charge in [0.2, 0.25) is 0 Å². The first-order valence-corrected chi connectivity index (χ1v) is 7.12. The second kappa shape index (κ2) is 5.85. The second-order valence-electron chi connectivity index (χ2n) is 4.35. The Morgan fingerprint density at radius 2 is 2.17 bits per heavy atom. The Hall–Kier alpha value is -0.870. The van der Waals surface area contributed by atoms with Gasteiger partial charge in [-0.15, -0.1) is 0 Å². The molecule has 3 N–H and O–H groups in total. The van der Waals surface area contributed by atoms with Crippen LogP contribution in [0, 0.1) is 6.92 Å². The van der Waals surface area contributed by atoms with Crippen LogP contribution in [0.4, 0.5) is 0 Å². The fraction of sp³-hybridized carbons (Fsp3) is 0.286. The third kappa shape index (κ3) is 2.75. The summed E-state index contributed by atoms with van der Waals surface area (Å²) in [6.07, 6.45) is -0.584. The van der Waals surface area contributed by atoms with Crippen LogP contribution in [0.1, 0.15) is 28.7 Å². The molecule has 0 amide bonds. The van der Waals surface area contributed by atoms with Crippen molar-refractivity contribution in [3.8, 4) is 0 Å². The molecule has 0 radical (unpaired) electrons. The smallest absolute Gasteiger partial charge is 0.0881 e. The molecule has 0 bridgehead atoms. The van der Waals surface area contributed by atoms with Crippen molar-refractivity contribution in [1.29, 1.82) is 0 Å². The van der Waals surface area contributed by atoms with Gasteiger partial charge in [-0.1, -0.05) is 23.7 Å². The average Bonchev–Trinajstić information content (AvgIpc) is 2.76. The number of aliphatic hydroxyl groups is 1. The van der Waals surface area contributed by atoms with Crippen molar-refractivity contribution in [3.63, 3.8) is 0 Å².